The lowest BCUT2D eigenvalue weighted by molar-refractivity contribution is 0.463. The van der Waals surface area contributed by atoms with Crippen LogP contribution in [0.2, 0.25) is 0 Å². The van der Waals surface area contributed by atoms with Crippen LogP contribution >= 0.6 is 11.6 Å². The SMILES string of the molecule is O=S(=O)([O-])c1ccc(CCCCl)cc1. The van der Waals surface area contributed by atoms with Crippen molar-refractivity contribution in [1.82, 2.24) is 0 Å². The van der Waals surface area contributed by atoms with E-state index in [0.29, 0.717) is 5.88 Å². The van der Waals surface area contributed by atoms with Gasteiger partial charge in [0.25, 0.3) is 0 Å². The molecular weight excluding hydrogens is 224 g/mol. The standard InChI is InChI=1S/C9H11ClO3S/c10-7-1-2-8-3-5-9(6-4-8)14(11,12)13/h3-6H,1-2,7H2,(H,11,12,13)/p-1. The maximum atomic E-state index is 10.6. The molecule has 0 N–H and O–H groups in total. The molecule has 0 radical (unpaired) electrons. The molecule has 0 aliphatic heterocycles. The molecule has 0 amide bonds. The van der Waals surface area contributed by atoms with Crippen LogP contribution in [0.5, 0.6) is 0 Å². The van der Waals surface area contributed by atoms with E-state index in [1.165, 1.54) is 12.1 Å². The van der Waals surface area contributed by atoms with Crippen molar-refractivity contribution >= 4 is 21.7 Å². The Balaban J connectivity index is 2.79. The first-order valence-electron chi connectivity index (χ1n) is 4.15. The highest BCUT2D eigenvalue weighted by atomic mass is 35.5. The molecule has 0 saturated heterocycles. The van der Waals surface area contributed by atoms with Gasteiger partial charge in [-0.3, -0.25) is 0 Å². The summed E-state index contributed by atoms with van der Waals surface area (Å²) in [7, 11) is -4.32. The number of alkyl halides is 1. The first-order chi connectivity index (χ1) is 6.54. The molecule has 1 aromatic carbocycles. The van der Waals surface area contributed by atoms with Crippen molar-refractivity contribution in [2.45, 2.75) is 17.7 Å². The molecule has 0 heterocycles. The highest BCUT2D eigenvalue weighted by Gasteiger charge is 2.00. The van der Waals surface area contributed by atoms with Crippen LogP contribution in [0.15, 0.2) is 29.2 Å². The summed E-state index contributed by atoms with van der Waals surface area (Å²) in [4.78, 5) is -0.188. The molecule has 5 heteroatoms. The van der Waals surface area contributed by atoms with Gasteiger partial charge in [0.15, 0.2) is 0 Å². The fraction of sp³-hybridized carbons (Fsp3) is 0.333. The summed E-state index contributed by atoms with van der Waals surface area (Å²) in [6, 6.07) is 5.92. The lowest BCUT2D eigenvalue weighted by Gasteiger charge is -2.07. The van der Waals surface area contributed by atoms with E-state index in [9.17, 15) is 13.0 Å². The molecule has 3 nitrogen and oxygen atoms in total. The maximum absolute atomic E-state index is 10.6. The van der Waals surface area contributed by atoms with Gasteiger partial charge in [-0.15, -0.1) is 11.6 Å². The smallest absolute Gasteiger partial charge is 0.124 e. The largest absolute Gasteiger partial charge is 0.744 e. The minimum Gasteiger partial charge on any atom is -0.744 e. The second-order valence-electron chi connectivity index (χ2n) is 2.89. The van der Waals surface area contributed by atoms with Gasteiger partial charge in [0.05, 0.1) is 4.90 Å². The Morgan fingerprint density at radius 2 is 1.79 bits per heavy atom. The van der Waals surface area contributed by atoms with Crippen LogP contribution < -0.4 is 0 Å². The molecule has 0 bridgehead atoms. The van der Waals surface area contributed by atoms with E-state index in [0.717, 1.165) is 18.4 Å². The Bertz CT molecular complexity index is 383. The third-order valence-electron chi connectivity index (χ3n) is 1.81. The molecule has 14 heavy (non-hydrogen) atoms. The number of halogens is 1. The summed E-state index contributed by atoms with van der Waals surface area (Å²) in [6.45, 7) is 0. The van der Waals surface area contributed by atoms with Gasteiger partial charge in [-0.2, -0.15) is 0 Å². The fourth-order valence-electron chi connectivity index (χ4n) is 1.09. The number of benzene rings is 1. The van der Waals surface area contributed by atoms with Crippen molar-refractivity contribution < 1.29 is 13.0 Å². The predicted octanol–water partition coefficient (Wildman–Crippen LogP) is 1.76. The van der Waals surface area contributed by atoms with Gasteiger partial charge in [0.2, 0.25) is 0 Å². The van der Waals surface area contributed by atoms with Gasteiger partial charge in [0.1, 0.15) is 10.1 Å². The molecule has 0 unspecified atom stereocenters. The highest BCUT2D eigenvalue weighted by Crippen LogP contribution is 2.11. The number of rotatable bonds is 4. The molecule has 0 aliphatic rings. The molecule has 0 aromatic heterocycles. The summed E-state index contributed by atoms with van der Waals surface area (Å²) < 4.78 is 31.7. The Morgan fingerprint density at radius 1 is 1.21 bits per heavy atom. The van der Waals surface area contributed by atoms with Crippen LogP contribution in [0.25, 0.3) is 0 Å². The monoisotopic (exact) mass is 233 g/mol. The van der Waals surface area contributed by atoms with Crippen molar-refractivity contribution in [2.24, 2.45) is 0 Å². The molecule has 78 valence electrons. The van der Waals surface area contributed by atoms with Crippen LogP contribution in [0, 0.1) is 0 Å². The second-order valence-corrected chi connectivity index (χ2v) is 4.65. The van der Waals surface area contributed by atoms with Crippen LogP contribution in [0.1, 0.15) is 12.0 Å². The second kappa shape index (κ2) is 4.77. The van der Waals surface area contributed by atoms with Crippen molar-refractivity contribution in [3.05, 3.63) is 29.8 Å². The summed E-state index contributed by atoms with van der Waals surface area (Å²) in [5.41, 5.74) is 0.984. The normalized spacial score (nSPS) is 11.6. The van der Waals surface area contributed by atoms with E-state index in [1.54, 1.807) is 12.1 Å². The van der Waals surface area contributed by atoms with Crippen LogP contribution in [-0.4, -0.2) is 18.9 Å². The lowest BCUT2D eigenvalue weighted by atomic mass is 10.1. The number of aryl methyl sites for hydroxylation is 1. The molecular formula is C9H10ClO3S-. The van der Waals surface area contributed by atoms with E-state index in [1.807, 2.05) is 0 Å². The van der Waals surface area contributed by atoms with E-state index >= 15 is 0 Å². The molecule has 1 aromatic rings. The highest BCUT2D eigenvalue weighted by molar-refractivity contribution is 7.85. The fourth-order valence-corrected chi connectivity index (χ4v) is 1.70. The lowest BCUT2D eigenvalue weighted by Crippen LogP contribution is -1.98. The first-order valence-corrected chi connectivity index (χ1v) is 6.09. The van der Waals surface area contributed by atoms with Gasteiger partial charge in [-0.1, -0.05) is 12.1 Å². The van der Waals surface area contributed by atoms with Gasteiger partial charge in [-0.05, 0) is 30.5 Å². The molecule has 0 aliphatic carbocycles. The van der Waals surface area contributed by atoms with E-state index in [4.69, 9.17) is 11.6 Å². The zero-order valence-electron chi connectivity index (χ0n) is 7.44. The summed E-state index contributed by atoms with van der Waals surface area (Å²) in [5.74, 6) is 0.571. The maximum Gasteiger partial charge on any atom is 0.124 e. The average Bonchev–Trinajstić information content (AvgIpc) is 2.14. The zero-order chi connectivity index (χ0) is 10.6. The Hall–Kier alpha value is -0.580. The van der Waals surface area contributed by atoms with Crippen LogP contribution in [-0.2, 0) is 16.5 Å². The molecule has 1 rings (SSSR count). The Morgan fingerprint density at radius 3 is 2.21 bits per heavy atom. The third-order valence-corrected chi connectivity index (χ3v) is 2.93. The van der Waals surface area contributed by atoms with Gasteiger partial charge < -0.3 is 4.55 Å². The van der Waals surface area contributed by atoms with Crippen LogP contribution in [0.4, 0.5) is 0 Å². The summed E-state index contributed by atoms with van der Waals surface area (Å²) >= 11 is 5.51. The first kappa shape index (κ1) is 11.5. The topological polar surface area (TPSA) is 57.2 Å². The predicted molar refractivity (Wildman–Crippen MR) is 53.4 cm³/mol. The van der Waals surface area contributed by atoms with Gasteiger partial charge >= 0.3 is 0 Å². The summed E-state index contributed by atoms with van der Waals surface area (Å²) in [5, 5.41) is 0. The number of hydrogen-bond donors (Lipinski definition) is 0. The van der Waals surface area contributed by atoms with Crippen molar-refractivity contribution in [2.75, 3.05) is 5.88 Å². The minimum atomic E-state index is -4.32. The molecule has 0 atom stereocenters. The molecule has 0 fully saturated rings. The Kier molecular flexibility index (Phi) is 3.92. The van der Waals surface area contributed by atoms with Crippen LogP contribution in [0.3, 0.4) is 0 Å². The minimum absolute atomic E-state index is 0.188. The average molecular weight is 234 g/mol. The van der Waals surface area contributed by atoms with E-state index < -0.39 is 10.1 Å². The molecule has 0 saturated carbocycles. The third kappa shape index (κ3) is 3.29. The number of hydrogen-bond acceptors (Lipinski definition) is 3. The molecule has 0 spiro atoms. The van der Waals surface area contributed by atoms with Crippen molar-refractivity contribution in [1.29, 1.82) is 0 Å². The van der Waals surface area contributed by atoms with Gasteiger partial charge in [0, 0.05) is 5.88 Å². The van der Waals surface area contributed by atoms with E-state index in [2.05, 4.69) is 0 Å². The van der Waals surface area contributed by atoms with Crippen molar-refractivity contribution in [3.8, 4) is 0 Å². The van der Waals surface area contributed by atoms with E-state index in [-0.39, 0.29) is 4.90 Å². The summed E-state index contributed by atoms with van der Waals surface area (Å²) in [6.07, 6.45) is 1.63. The van der Waals surface area contributed by atoms with Crippen molar-refractivity contribution in [3.63, 3.8) is 0 Å². The zero-order valence-corrected chi connectivity index (χ0v) is 9.01. The Labute approximate surface area is 88.5 Å². The van der Waals surface area contributed by atoms with Gasteiger partial charge in [-0.25, -0.2) is 8.42 Å². The quantitative estimate of drug-likeness (QED) is 0.588.